The van der Waals surface area contributed by atoms with E-state index in [0.717, 1.165) is 5.56 Å². The maximum Gasteiger partial charge on any atom is 0.328 e. The molecule has 1 saturated carbocycles. The van der Waals surface area contributed by atoms with Crippen LogP contribution in [0.4, 0.5) is 11.4 Å². The molecule has 0 spiro atoms. The van der Waals surface area contributed by atoms with Gasteiger partial charge in [-0.1, -0.05) is 35.3 Å². The Morgan fingerprint density at radius 1 is 1.07 bits per heavy atom. The maximum atomic E-state index is 14.3. The summed E-state index contributed by atoms with van der Waals surface area (Å²) in [5.41, 5.74) is 5.37. The second kappa shape index (κ2) is 11.4. The van der Waals surface area contributed by atoms with E-state index < -0.39 is 41.2 Å². The first-order chi connectivity index (χ1) is 21.7. The Kier molecular flexibility index (Phi) is 7.80. The lowest BCUT2D eigenvalue weighted by molar-refractivity contribution is -0.156. The van der Waals surface area contributed by atoms with Gasteiger partial charge in [0.25, 0.3) is 11.8 Å². The SMILES string of the molecule is CC(=O)N1CCN(C(=O)C2(NC(=O)C3=CNC4N(c5cc(Cl)cc(Cl)c5)C(=O)[C@@](C)(Cc5ccc(N)cc5)N34)CC2)CC1C(=O)O. The van der Waals surface area contributed by atoms with E-state index in [4.69, 9.17) is 28.9 Å². The molecular weight excluding hydrogens is 637 g/mol. The molecule has 5 N–H and O–H groups in total. The second-order valence-electron chi connectivity index (χ2n) is 12.3. The van der Waals surface area contributed by atoms with Gasteiger partial charge in [-0.05, 0) is 55.7 Å². The molecule has 2 unspecified atom stereocenters. The van der Waals surface area contributed by atoms with Gasteiger partial charge in [0.1, 0.15) is 22.8 Å². The van der Waals surface area contributed by atoms with E-state index in [1.807, 2.05) is 12.1 Å². The van der Waals surface area contributed by atoms with Crippen LogP contribution in [0.15, 0.2) is 54.4 Å². The molecule has 0 aromatic heterocycles. The molecule has 3 atom stereocenters. The number of nitrogen functional groups attached to an aromatic ring is 1. The lowest BCUT2D eigenvalue weighted by atomic mass is 9.90. The number of aliphatic carboxylic acids is 1. The molecule has 1 aliphatic carbocycles. The predicted molar refractivity (Wildman–Crippen MR) is 169 cm³/mol. The van der Waals surface area contributed by atoms with Crippen molar-refractivity contribution in [3.05, 3.63) is 70.0 Å². The Morgan fingerprint density at radius 3 is 2.30 bits per heavy atom. The molecule has 0 radical (unpaired) electrons. The Labute approximate surface area is 274 Å². The van der Waals surface area contributed by atoms with Gasteiger partial charge in [0.05, 0.1) is 12.2 Å². The van der Waals surface area contributed by atoms with Crippen LogP contribution in [0.1, 0.15) is 32.3 Å². The maximum absolute atomic E-state index is 14.3. The molecule has 13 nitrogen and oxygen atoms in total. The van der Waals surface area contributed by atoms with Crippen molar-refractivity contribution in [1.29, 1.82) is 0 Å². The van der Waals surface area contributed by atoms with Crippen molar-refractivity contribution < 1.29 is 29.1 Å². The third kappa shape index (κ3) is 5.36. The highest BCUT2D eigenvalue weighted by Gasteiger charge is 2.60. The van der Waals surface area contributed by atoms with Gasteiger partial charge < -0.3 is 36.2 Å². The summed E-state index contributed by atoms with van der Waals surface area (Å²) < 4.78 is 0. The molecule has 3 aliphatic heterocycles. The van der Waals surface area contributed by atoms with Crippen molar-refractivity contribution in [3.63, 3.8) is 0 Å². The smallest absolute Gasteiger partial charge is 0.328 e. The van der Waals surface area contributed by atoms with Crippen molar-refractivity contribution in [2.45, 2.75) is 56.5 Å². The van der Waals surface area contributed by atoms with Gasteiger partial charge in [0.2, 0.25) is 11.8 Å². The van der Waals surface area contributed by atoms with Crippen LogP contribution in [-0.2, 0) is 30.4 Å². The summed E-state index contributed by atoms with van der Waals surface area (Å²) in [5.74, 6) is -2.88. The van der Waals surface area contributed by atoms with Gasteiger partial charge in [0.15, 0.2) is 6.29 Å². The number of carboxylic acids is 1. The Morgan fingerprint density at radius 2 is 1.72 bits per heavy atom. The Balaban J connectivity index is 1.27. The molecule has 2 aromatic rings. The lowest BCUT2D eigenvalue weighted by Crippen LogP contribution is -2.62. The Hall–Kier alpha value is -4.49. The molecule has 3 fully saturated rings. The third-order valence-corrected chi connectivity index (χ3v) is 9.52. The van der Waals surface area contributed by atoms with E-state index in [0.29, 0.717) is 34.3 Å². The number of nitrogens with one attached hydrogen (secondary N) is 2. The van der Waals surface area contributed by atoms with E-state index in [-0.39, 0.29) is 43.6 Å². The molecule has 4 amide bonds. The molecule has 242 valence electrons. The van der Waals surface area contributed by atoms with Gasteiger partial charge in [-0.3, -0.25) is 24.1 Å². The summed E-state index contributed by atoms with van der Waals surface area (Å²) in [6, 6.07) is 10.7. The second-order valence-corrected chi connectivity index (χ2v) is 13.2. The highest BCUT2D eigenvalue weighted by atomic mass is 35.5. The number of nitrogens with two attached hydrogens (primary N) is 1. The minimum Gasteiger partial charge on any atom is -0.480 e. The average molecular weight is 671 g/mol. The standard InChI is InChI=1S/C31H33Cl2N7O6/c1-17(41)38-10-9-37(16-24(38)26(43)44)28(46)31(7-8-31)36-25(42)23-15-35-29-39(22-12-19(32)11-20(33)13-22)27(45)30(2,40(23)29)14-18-3-5-21(34)6-4-18/h3-6,11-13,15,24,29,35H,7-10,14,16,34H2,1-2H3,(H,36,42)(H,43,44)/t24?,29?,30-/m1/s1. The van der Waals surface area contributed by atoms with E-state index >= 15 is 0 Å². The van der Waals surface area contributed by atoms with Crippen LogP contribution in [0, 0.1) is 0 Å². The van der Waals surface area contributed by atoms with Crippen molar-refractivity contribution in [2.24, 2.45) is 0 Å². The number of carboxylic acid groups (broad SMARTS) is 1. The van der Waals surface area contributed by atoms with Crippen LogP contribution >= 0.6 is 23.2 Å². The topological polar surface area (TPSA) is 169 Å². The number of carbonyl (C=O) groups is 5. The first kappa shape index (κ1) is 31.5. The number of hydrogen-bond acceptors (Lipinski definition) is 8. The van der Waals surface area contributed by atoms with Crippen molar-refractivity contribution in [2.75, 3.05) is 30.3 Å². The zero-order valence-electron chi connectivity index (χ0n) is 25.1. The van der Waals surface area contributed by atoms with Crippen LogP contribution in [-0.4, -0.2) is 92.4 Å². The summed E-state index contributed by atoms with van der Waals surface area (Å²) in [4.78, 5) is 71.7. The van der Waals surface area contributed by atoms with Gasteiger partial charge in [0, 0.05) is 48.4 Å². The van der Waals surface area contributed by atoms with Gasteiger partial charge in [-0.15, -0.1) is 0 Å². The van der Waals surface area contributed by atoms with Crippen LogP contribution in [0.3, 0.4) is 0 Å². The molecule has 2 saturated heterocycles. The molecular formula is C31H33Cl2N7O6. The van der Waals surface area contributed by atoms with E-state index in [9.17, 15) is 29.1 Å². The molecule has 0 bridgehead atoms. The number of halogens is 2. The van der Waals surface area contributed by atoms with Crippen LogP contribution in [0.25, 0.3) is 0 Å². The van der Waals surface area contributed by atoms with Gasteiger partial charge in [-0.2, -0.15) is 0 Å². The number of rotatable bonds is 7. The molecule has 46 heavy (non-hydrogen) atoms. The predicted octanol–water partition coefficient (Wildman–Crippen LogP) is 1.75. The van der Waals surface area contributed by atoms with Crippen molar-refractivity contribution in [3.8, 4) is 0 Å². The lowest BCUT2D eigenvalue weighted by Gasteiger charge is -2.40. The summed E-state index contributed by atoms with van der Waals surface area (Å²) in [6.45, 7) is 3.07. The highest BCUT2D eigenvalue weighted by Crippen LogP contribution is 2.44. The summed E-state index contributed by atoms with van der Waals surface area (Å²) in [5, 5.41) is 16.4. The molecule has 6 rings (SSSR count). The van der Waals surface area contributed by atoms with Crippen LogP contribution in [0.2, 0.25) is 10.0 Å². The summed E-state index contributed by atoms with van der Waals surface area (Å²) in [7, 11) is 0. The highest BCUT2D eigenvalue weighted by molar-refractivity contribution is 6.35. The monoisotopic (exact) mass is 669 g/mol. The molecule has 4 aliphatic rings. The first-order valence-electron chi connectivity index (χ1n) is 14.8. The zero-order valence-corrected chi connectivity index (χ0v) is 26.6. The number of fused-ring (bicyclic) bond motifs is 1. The van der Waals surface area contributed by atoms with E-state index in [1.54, 1.807) is 42.2 Å². The van der Waals surface area contributed by atoms with Crippen molar-refractivity contribution >= 4 is 64.2 Å². The van der Waals surface area contributed by atoms with E-state index in [2.05, 4.69) is 10.6 Å². The van der Waals surface area contributed by atoms with Crippen LogP contribution < -0.4 is 21.3 Å². The average Bonchev–Trinajstić information content (AvgIpc) is 3.58. The summed E-state index contributed by atoms with van der Waals surface area (Å²) >= 11 is 12.6. The zero-order chi connectivity index (χ0) is 33.1. The largest absolute Gasteiger partial charge is 0.480 e. The third-order valence-electron chi connectivity index (χ3n) is 9.08. The minimum absolute atomic E-state index is 0.0710. The fourth-order valence-corrected chi connectivity index (χ4v) is 7.11. The number of benzene rings is 2. The van der Waals surface area contributed by atoms with Gasteiger partial charge in [-0.25, -0.2) is 4.79 Å². The molecule has 15 heteroatoms. The number of hydrogen-bond donors (Lipinski definition) is 4. The van der Waals surface area contributed by atoms with Crippen molar-refractivity contribution in [1.82, 2.24) is 25.3 Å². The fraction of sp³-hybridized carbons (Fsp3) is 0.387. The van der Waals surface area contributed by atoms with E-state index in [1.165, 1.54) is 27.8 Å². The number of amides is 4. The normalized spacial score (nSPS) is 24.7. The van der Waals surface area contributed by atoms with Crippen LogP contribution in [0.5, 0.6) is 0 Å². The van der Waals surface area contributed by atoms with Gasteiger partial charge >= 0.3 is 5.97 Å². The molecule has 3 heterocycles. The molecule has 2 aromatic carbocycles. The quantitative estimate of drug-likeness (QED) is 0.321. The number of piperazine rings is 1. The minimum atomic E-state index is -1.26. The Bertz CT molecular complexity index is 1660. The number of carbonyl (C=O) groups excluding carboxylic acids is 4. The fourth-order valence-electron chi connectivity index (χ4n) is 6.59. The summed E-state index contributed by atoms with van der Waals surface area (Å²) in [6.07, 6.45) is 1.66. The number of nitrogens with zero attached hydrogens (tertiary/aromatic N) is 4. The number of anilines is 2. The first-order valence-corrected chi connectivity index (χ1v) is 15.5.